The van der Waals surface area contributed by atoms with E-state index in [-0.39, 0.29) is 12.1 Å². The number of nitrogens with zero attached hydrogens (tertiary/aromatic N) is 1. The number of imide groups is 2. The molecular formula is C17H18Cl2N2O3. The second kappa shape index (κ2) is 7.81. The van der Waals surface area contributed by atoms with Gasteiger partial charge in [0, 0.05) is 16.6 Å². The fourth-order valence-corrected chi connectivity index (χ4v) is 2.79. The molecule has 1 aromatic rings. The molecule has 0 bridgehead atoms. The first-order valence-corrected chi connectivity index (χ1v) is 8.39. The lowest BCUT2D eigenvalue weighted by molar-refractivity contribution is -0.130. The minimum Gasteiger partial charge on any atom is -0.273 e. The van der Waals surface area contributed by atoms with Gasteiger partial charge < -0.3 is 0 Å². The van der Waals surface area contributed by atoms with Gasteiger partial charge in [0.25, 0.3) is 11.8 Å². The molecule has 1 aliphatic rings. The van der Waals surface area contributed by atoms with E-state index in [1.54, 1.807) is 12.1 Å². The predicted molar refractivity (Wildman–Crippen MR) is 93.8 cm³/mol. The molecule has 0 aliphatic carbocycles. The first kappa shape index (κ1) is 18.5. The van der Waals surface area contributed by atoms with E-state index in [1.165, 1.54) is 12.1 Å². The highest BCUT2D eigenvalue weighted by atomic mass is 35.5. The van der Waals surface area contributed by atoms with Crippen LogP contribution in [0, 0.1) is 5.92 Å². The third kappa shape index (κ3) is 4.36. The van der Waals surface area contributed by atoms with Crippen molar-refractivity contribution in [1.82, 2.24) is 10.2 Å². The van der Waals surface area contributed by atoms with Crippen LogP contribution in [0.15, 0.2) is 23.8 Å². The standard InChI is InChI=1S/C17H18Cl2N2O3/c1-10(2)4-3-7-21-16(23)13(15(22)20-17(21)24)8-11-5-6-12(18)9-14(11)19/h5-6,8-10H,3-4,7H2,1-2H3,(H,20,22,24)/b13-8-. The molecule has 0 radical (unpaired) electrons. The van der Waals surface area contributed by atoms with E-state index >= 15 is 0 Å². The van der Waals surface area contributed by atoms with Crippen molar-refractivity contribution in [3.63, 3.8) is 0 Å². The Labute approximate surface area is 150 Å². The van der Waals surface area contributed by atoms with Gasteiger partial charge in [0.15, 0.2) is 0 Å². The van der Waals surface area contributed by atoms with E-state index < -0.39 is 17.8 Å². The van der Waals surface area contributed by atoms with Gasteiger partial charge in [-0.2, -0.15) is 0 Å². The lowest BCUT2D eigenvalue weighted by Crippen LogP contribution is -2.54. The lowest BCUT2D eigenvalue weighted by Gasteiger charge is -2.26. The van der Waals surface area contributed by atoms with Gasteiger partial charge in [-0.25, -0.2) is 4.79 Å². The molecule has 1 heterocycles. The third-order valence-electron chi connectivity index (χ3n) is 3.61. The Hall–Kier alpha value is -1.85. The number of nitrogens with one attached hydrogen (secondary N) is 1. The molecule has 1 aliphatic heterocycles. The molecule has 1 N–H and O–H groups in total. The van der Waals surface area contributed by atoms with Crippen LogP contribution < -0.4 is 5.32 Å². The lowest BCUT2D eigenvalue weighted by atomic mass is 10.1. The highest BCUT2D eigenvalue weighted by Gasteiger charge is 2.35. The van der Waals surface area contributed by atoms with Crippen LogP contribution in [0.4, 0.5) is 4.79 Å². The quantitative estimate of drug-likeness (QED) is 0.633. The van der Waals surface area contributed by atoms with Gasteiger partial charge in [0.2, 0.25) is 0 Å². The number of halogens is 2. The summed E-state index contributed by atoms with van der Waals surface area (Å²) in [5.41, 5.74) is 0.361. The van der Waals surface area contributed by atoms with Crippen molar-refractivity contribution in [2.45, 2.75) is 26.7 Å². The summed E-state index contributed by atoms with van der Waals surface area (Å²) in [6.45, 7) is 4.40. The number of benzene rings is 1. The zero-order valence-electron chi connectivity index (χ0n) is 13.4. The Morgan fingerprint density at radius 3 is 2.54 bits per heavy atom. The molecule has 4 amide bonds. The van der Waals surface area contributed by atoms with Crippen LogP contribution in [-0.2, 0) is 9.59 Å². The SMILES string of the molecule is CC(C)CCCN1C(=O)NC(=O)/C(=C/c2ccc(Cl)cc2Cl)C1=O. The molecule has 1 saturated heterocycles. The molecule has 0 unspecified atom stereocenters. The number of hydrogen-bond donors (Lipinski definition) is 1. The summed E-state index contributed by atoms with van der Waals surface area (Å²) >= 11 is 11.9. The first-order valence-electron chi connectivity index (χ1n) is 7.63. The Kier molecular flexibility index (Phi) is 6.02. The average Bonchev–Trinajstić information content (AvgIpc) is 2.48. The van der Waals surface area contributed by atoms with Crippen molar-refractivity contribution in [1.29, 1.82) is 0 Å². The van der Waals surface area contributed by atoms with E-state index in [0.29, 0.717) is 27.9 Å². The van der Waals surface area contributed by atoms with Gasteiger partial charge in [-0.15, -0.1) is 0 Å². The van der Waals surface area contributed by atoms with E-state index in [2.05, 4.69) is 19.2 Å². The maximum Gasteiger partial charge on any atom is 0.331 e. The number of carbonyl (C=O) groups excluding carboxylic acids is 3. The molecule has 0 atom stereocenters. The molecular weight excluding hydrogens is 351 g/mol. The van der Waals surface area contributed by atoms with E-state index in [9.17, 15) is 14.4 Å². The highest BCUT2D eigenvalue weighted by molar-refractivity contribution is 6.36. The zero-order valence-corrected chi connectivity index (χ0v) is 14.9. The summed E-state index contributed by atoms with van der Waals surface area (Å²) in [4.78, 5) is 37.5. The van der Waals surface area contributed by atoms with Crippen molar-refractivity contribution in [2.75, 3.05) is 6.54 Å². The molecule has 24 heavy (non-hydrogen) atoms. The first-order chi connectivity index (χ1) is 11.3. The Morgan fingerprint density at radius 2 is 1.92 bits per heavy atom. The monoisotopic (exact) mass is 368 g/mol. The van der Waals surface area contributed by atoms with Gasteiger partial charge in [-0.1, -0.05) is 43.1 Å². The fourth-order valence-electron chi connectivity index (χ4n) is 2.33. The zero-order chi connectivity index (χ0) is 17.9. The Balaban J connectivity index is 2.25. The summed E-state index contributed by atoms with van der Waals surface area (Å²) < 4.78 is 0. The van der Waals surface area contributed by atoms with Gasteiger partial charge in [0.1, 0.15) is 5.57 Å². The minimum atomic E-state index is -0.726. The summed E-state index contributed by atoms with van der Waals surface area (Å²) in [5.74, 6) is -0.868. The number of barbiturate groups is 1. The summed E-state index contributed by atoms with van der Waals surface area (Å²) in [6, 6.07) is 4.05. The van der Waals surface area contributed by atoms with Crippen LogP contribution in [-0.4, -0.2) is 29.3 Å². The Morgan fingerprint density at radius 1 is 1.21 bits per heavy atom. The van der Waals surface area contributed by atoms with Crippen LogP contribution in [0.3, 0.4) is 0 Å². The maximum absolute atomic E-state index is 12.5. The Bertz CT molecular complexity index is 714. The normalized spacial score (nSPS) is 17.0. The van der Waals surface area contributed by atoms with Crippen LogP contribution in [0.1, 0.15) is 32.3 Å². The molecule has 1 fully saturated rings. The number of amides is 4. The topological polar surface area (TPSA) is 66.5 Å². The smallest absolute Gasteiger partial charge is 0.273 e. The number of rotatable bonds is 5. The molecule has 7 heteroatoms. The molecule has 2 rings (SSSR count). The van der Waals surface area contributed by atoms with Crippen molar-refractivity contribution in [3.05, 3.63) is 39.4 Å². The number of carbonyl (C=O) groups is 3. The molecule has 0 aromatic heterocycles. The van der Waals surface area contributed by atoms with Crippen LogP contribution in [0.5, 0.6) is 0 Å². The van der Waals surface area contributed by atoms with Crippen molar-refractivity contribution in [2.24, 2.45) is 5.92 Å². The third-order valence-corrected chi connectivity index (χ3v) is 4.17. The van der Waals surface area contributed by atoms with Gasteiger partial charge in [0.05, 0.1) is 0 Å². The minimum absolute atomic E-state index is 0.122. The summed E-state index contributed by atoms with van der Waals surface area (Å²) in [6.07, 6.45) is 2.94. The summed E-state index contributed by atoms with van der Waals surface area (Å²) in [5, 5.41) is 2.96. The predicted octanol–water partition coefficient (Wildman–Crippen LogP) is 3.89. The average molecular weight is 369 g/mol. The van der Waals surface area contributed by atoms with Gasteiger partial charge in [-0.3, -0.25) is 19.8 Å². The van der Waals surface area contributed by atoms with Gasteiger partial charge in [-0.05, 0) is 42.5 Å². The fraction of sp³-hybridized carbons (Fsp3) is 0.353. The van der Waals surface area contributed by atoms with E-state index in [0.717, 1.165) is 11.3 Å². The second-order valence-electron chi connectivity index (χ2n) is 5.98. The second-order valence-corrected chi connectivity index (χ2v) is 6.82. The highest BCUT2D eigenvalue weighted by Crippen LogP contribution is 2.24. The van der Waals surface area contributed by atoms with Crippen LogP contribution in [0.2, 0.25) is 10.0 Å². The van der Waals surface area contributed by atoms with E-state index in [1.807, 2.05) is 0 Å². The van der Waals surface area contributed by atoms with Gasteiger partial charge >= 0.3 is 6.03 Å². The molecule has 0 saturated carbocycles. The molecule has 128 valence electrons. The van der Waals surface area contributed by atoms with Crippen LogP contribution >= 0.6 is 23.2 Å². The van der Waals surface area contributed by atoms with Crippen molar-refractivity contribution in [3.8, 4) is 0 Å². The maximum atomic E-state index is 12.5. The van der Waals surface area contributed by atoms with E-state index in [4.69, 9.17) is 23.2 Å². The van der Waals surface area contributed by atoms with Crippen molar-refractivity contribution >= 4 is 47.1 Å². The van der Waals surface area contributed by atoms with Crippen molar-refractivity contribution < 1.29 is 14.4 Å². The number of urea groups is 1. The molecule has 5 nitrogen and oxygen atoms in total. The number of hydrogen-bond acceptors (Lipinski definition) is 3. The summed E-state index contributed by atoms with van der Waals surface area (Å²) in [7, 11) is 0. The van der Waals surface area contributed by atoms with Crippen LogP contribution in [0.25, 0.3) is 6.08 Å². The molecule has 1 aromatic carbocycles. The molecule has 0 spiro atoms. The largest absolute Gasteiger partial charge is 0.331 e.